The highest BCUT2D eigenvalue weighted by molar-refractivity contribution is 5.71. The maximum absolute atomic E-state index is 12.9. The summed E-state index contributed by atoms with van der Waals surface area (Å²) in [6.07, 6.45) is 97.1. The van der Waals surface area contributed by atoms with E-state index in [1.165, 1.54) is 89.9 Å². The number of unbranched alkanes of at least 4 members (excludes halogenated alkanes) is 24. The third-order valence-electron chi connectivity index (χ3n) is 13.8. The zero-order chi connectivity index (χ0) is 58.5. The van der Waals surface area contributed by atoms with Gasteiger partial charge in [-0.05, 0) is 141 Å². The van der Waals surface area contributed by atoms with Crippen molar-refractivity contribution in [3.05, 3.63) is 146 Å². The standard InChI is InChI=1S/C75H122O6/c1-4-7-10-13-16-19-22-25-27-29-31-33-34-35-36-37-38-39-40-42-43-45-47-50-53-56-59-62-65-68-74(77)80-71-72(70-79-73(76)67-64-61-58-55-52-49-24-21-18-15-12-9-6-3)81-75(78)69-66-63-60-57-54-51-48-46-44-41-32-30-28-26-23-20-17-14-11-8-5-2/h7,10,12,15-16,19,21,23-27,30-33,35-36,38-39,42-43,47,50,72H,4-6,8-9,11,13-14,17-18,20,22,28-29,34,37,40-41,44-46,48-49,51-71H2,1-3H3/b10-7-,15-12-,19-16-,24-21-,26-23-,27-25-,32-30-,33-31-,36-35-,39-38-,43-42-,50-47-. The van der Waals surface area contributed by atoms with Crippen LogP contribution in [-0.4, -0.2) is 37.2 Å². The SMILES string of the molecule is CC/C=C\C/C=C\C/C=C\C/C=C\C/C=C\C/C=C\C/C=C\C/C=C\CCCCCCC(=O)OCC(COC(=O)CCCCCCC/C=C\C/C=C\CCC)OC(=O)CCCCCCCCCCC/C=C\C/C=C\CCCCCCC. The van der Waals surface area contributed by atoms with Gasteiger partial charge in [0.05, 0.1) is 0 Å². The summed E-state index contributed by atoms with van der Waals surface area (Å²) in [5.41, 5.74) is 0. The Morgan fingerprint density at radius 2 is 0.506 bits per heavy atom. The lowest BCUT2D eigenvalue weighted by atomic mass is 10.1. The highest BCUT2D eigenvalue weighted by Crippen LogP contribution is 2.15. The van der Waals surface area contributed by atoms with Gasteiger partial charge in [-0.25, -0.2) is 0 Å². The molecule has 0 saturated heterocycles. The molecular formula is C75H122O6. The van der Waals surface area contributed by atoms with E-state index in [1.54, 1.807) is 0 Å². The van der Waals surface area contributed by atoms with E-state index >= 15 is 0 Å². The van der Waals surface area contributed by atoms with Crippen LogP contribution in [0.5, 0.6) is 0 Å². The van der Waals surface area contributed by atoms with Crippen molar-refractivity contribution in [3.63, 3.8) is 0 Å². The van der Waals surface area contributed by atoms with Crippen LogP contribution >= 0.6 is 0 Å². The summed E-state index contributed by atoms with van der Waals surface area (Å²) in [6.45, 7) is 6.42. The first kappa shape index (κ1) is 76.3. The molecule has 0 rings (SSSR count). The van der Waals surface area contributed by atoms with E-state index in [0.29, 0.717) is 19.3 Å². The number of esters is 3. The molecule has 0 aliphatic rings. The monoisotopic (exact) mass is 1120 g/mol. The Morgan fingerprint density at radius 1 is 0.259 bits per heavy atom. The van der Waals surface area contributed by atoms with E-state index in [1.807, 2.05) is 0 Å². The summed E-state index contributed by atoms with van der Waals surface area (Å²) in [6, 6.07) is 0. The molecule has 0 amide bonds. The van der Waals surface area contributed by atoms with Crippen LogP contribution in [0.25, 0.3) is 0 Å². The molecule has 0 radical (unpaired) electrons. The summed E-state index contributed by atoms with van der Waals surface area (Å²) in [7, 11) is 0. The van der Waals surface area contributed by atoms with Crippen LogP contribution < -0.4 is 0 Å². The van der Waals surface area contributed by atoms with Gasteiger partial charge in [-0.15, -0.1) is 0 Å². The molecule has 0 fully saturated rings. The largest absolute Gasteiger partial charge is 0.462 e. The van der Waals surface area contributed by atoms with Gasteiger partial charge in [-0.3, -0.25) is 14.4 Å². The summed E-state index contributed by atoms with van der Waals surface area (Å²) in [4.78, 5) is 38.3. The van der Waals surface area contributed by atoms with Gasteiger partial charge in [-0.1, -0.05) is 276 Å². The van der Waals surface area contributed by atoms with Gasteiger partial charge in [0.25, 0.3) is 0 Å². The number of ether oxygens (including phenoxy) is 3. The second-order valence-corrected chi connectivity index (χ2v) is 21.6. The Hall–Kier alpha value is -4.71. The molecule has 0 heterocycles. The van der Waals surface area contributed by atoms with Gasteiger partial charge in [0.1, 0.15) is 13.2 Å². The zero-order valence-electron chi connectivity index (χ0n) is 52.5. The predicted octanol–water partition coefficient (Wildman–Crippen LogP) is 23.1. The van der Waals surface area contributed by atoms with Gasteiger partial charge in [0.2, 0.25) is 0 Å². The molecule has 0 saturated carbocycles. The summed E-state index contributed by atoms with van der Waals surface area (Å²) < 4.78 is 16.9. The Bertz CT molecular complexity index is 1760. The van der Waals surface area contributed by atoms with Crippen LogP contribution in [0.3, 0.4) is 0 Å². The van der Waals surface area contributed by atoms with E-state index in [4.69, 9.17) is 14.2 Å². The Morgan fingerprint density at radius 3 is 0.802 bits per heavy atom. The Labute approximate surface area is 499 Å². The quantitative estimate of drug-likeness (QED) is 0.0261. The molecule has 458 valence electrons. The Kier molecular flexibility index (Phi) is 63.9. The Balaban J connectivity index is 4.41. The van der Waals surface area contributed by atoms with Crippen molar-refractivity contribution >= 4 is 17.9 Å². The molecule has 0 aromatic heterocycles. The molecular weight excluding hydrogens is 997 g/mol. The van der Waals surface area contributed by atoms with E-state index in [2.05, 4.69) is 167 Å². The van der Waals surface area contributed by atoms with Crippen molar-refractivity contribution in [1.82, 2.24) is 0 Å². The van der Waals surface area contributed by atoms with Crippen molar-refractivity contribution in [1.29, 1.82) is 0 Å². The third-order valence-corrected chi connectivity index (χ3v) is 13.8. The molecule has 6 nitrogen and oxygen atoms in total. The van der Waals surface area contributed by atoms with E-state index < -0.39 is 6.10 Å². The minimum Gasteiger partial charge on any atom is -0.462 e. The predicted molar refractivity (Wildman–Crippen MR) is 352 cm³/mol. The van der Waals surface area contributed by atoms with E-state index in [0.717, 1.165) is 161 Å². The molecule has 1 unspecified atom stereocenters. The fraction of sp³-hybridized carbons (Fsp3) is 0.640. The first-order valence-corrected chi connectivity index (χ1v) is 33.3. The van der Waals surface area contributed by atoms with E-state index in [9.17, 15) is 14.4 Å². The molecule has 0 spiro atoms. The van der Waals surface area contributed by atoms with Crippen molar-refractivity contribution < 1.29 is 28.6 Å². The molecule has 81 heavy (non-hydrogen) atoms. The topological polar surface area (TPSA) is 78.9 Å². The molecule has 0 aromatic rings. The lowest BCUT2D eigenvalue weighted by molar-refractivity contribution is -0.167. The maximum atomic E-state index is 12.9. The highest BCUT2D eigenvalue weighted by Gasteiger charge is 2.19. The van der Waals surface area contributed by atoms with Crippen LogP contribution in [0.15, 0.2) is 146 Å². The molecule has 0 N–H and O–H groups in total. The first-order valence-electron chi connectivity index (χ1n) is 33.3. The minimum atomic E-state index is -0.805. The van der Waals surface area contributed by atoms with Crippen LogP contribution in [0.2, 0.25) is 0 Å². The molecule has 0 aliphatic heterocycles. The first-order chi connectivity index (χ1) is 40.0. The number of allylic oxidation sites excluding steroid dienone is 24. The van der Waals surface area contributed by atoms with Crippen LogP contribution in [-0.2, 0) is 28.6 Å². The van der Waals surface area contributed by atoms with Crippen molar-refractivity contribution in [2.75, 3.05) is 13.2 Å². The van der Waals surface area contributed by atoms with Gasteiger partial charge in [-0.2, -0.15) is 0 Å². The number of hydrogen-bond donors (Lipinski definition) is 0. The van der Waals surface area contributed by atoms with E-state index in [-0.39, 0.29) is 31.1 Å². The third kappa shape index (κ3) is 66.0. The van der Waals surface area contributed by atoms with Crippen molar-refractivity contribution in [2.45, 2.75) is 297 Å². The number of carbonyl (C=O) groups is 3. The lowest BCUT2D eigenvalue weighted by Crippen LogP contribution is -2.30. The van der Waals surface area contributed by atoms with Gasteiger partial charge in [0.15, 0.2) is 6.10 Å². The van der Waals surface area contributed by atoms with Gasteiger partial charge in [0, 0.05) is 19.3 Å². The number of carbonyl (C=O) groups excluding carboxylic acids is 3. The fourth-order valence-corrected chi connectivity index (χ4v) is 8.82. The van der Waals surface area contributed by atoms with Crippen molar-refractivity contribution in [3.8, 4) is 0 Å². The average molecular weight is 1120 g/mol. The molecule has 1 atom stereocenters. The maximum Gasteiger partial charge on any atom is 0.306 e. The minimum absolute atomic E-state index is 0.0997. The average Bonchev–Trinajstić information content (AvgIpc) is 3.46. The fourth-order valence-electron chi connectivity index (χ4n) is 8.82. The van der Waals surface area contributed by atoms with Crippen LogP contribution in [0.4, 0.5) is 0 Å². The molecule has 6 heteroatoms. The van der Waals surface area contributed by atoms with Crippen LogP contribution in [0.1, 0.15) is 290 Å². The smallest absolute Gasteiger partial charge is 0.306 e. The van der Waals surface area contributed by atoms with Gasteiger partial charge < -0.3 is 14.2 Å². The van der Waals surface area contributed by atoms with Gasteiger partial charge >= 0.3 is 17.9 Å². The molecule has 0 aliphatic carbocycles. The summed E-state index contributed by atoms with van der Waals surface area (Å²) in [5, 5.41) is 0. The molecule has 0 aromatic carbocycles. The molecule has 0 bridgehead atoms. The second-order valence-electron chi connectivity index (χ2n) is 21.6. The highest BCUT2D eigenvalue weighted by atomic mass is 16.6. The lowest BCUT2D eigenvalue weighted by Gasteiger charge is -2.18. The summed E-state index contributed by atoms with van der Waals surface area (Å²) in [5.74, 6) is -0.941. The zero-order valence-corrected chi connectivity index (χ0v) is 52.5. The summed E-state index contributed by atoms with van der Waals surface area (Å²) >= 11 is 0. The normalized spacial score (nSPS) is 13.1. The van der Waals surface area contributed by atoms with Crippen LogP contribution in [0, 0.1) is 0 Å². The second kappa shape index (κ2) is 67.8. The number of hydrogen-bond acceptors (Lipinski definition) is 6. The van der Waals surface area contributed by atoms with Crippen molar-refractivity contribution in [2.24, 2.45) is 0 Å². The number of rotatable bonds is 59.